The quantitative estimate of drug-likeness (QED) is 0.650. The second-order valence-electron chi connectivity index (χ2n) is 5.76. The summed E-state index contributed by atoms with van der Waals surface area (Å²) in [6.07, 6.45) is 3.28. The molecule has 0 aromatic heterocycles. The van der Waals surface area contributed by atoms with Crippen molar-refractivity contribution in [3.05, 3.63) is 0 Å². The van der Waals surface area contributed by atoms with Gasteiger partial charge in [-0.1, -0.05) is 13.8 Å². The van der Waals surface area contributed by atoms with Gasteiger partial charge in [0.2, 0.25) is 5.91 Å². The van der Waals surface area contributed by atoms with E-state index < -0.39 is 0 Å². The van der Waals surface area contributed by atoms with E-state index >= 15 is 0 Å². The van der Waals surface area contributed by atoms with Gasteiger partial charge in [-0.05, 0) is 31.6 Å². The maximum atomic E-state index is 12.1. The number of carbonyl (C=O) groups is 1. The third-order valence-corrected chi connectivity index (χ3v) is 3.34. The summed E-state index contributed by atoms with van der Waals surface area (Å²) in [5.74, 6) is 0.271. The zero-order valence-corrected chi connectivity index (χ0v) is 11.8. The summed E-state index contributed by atoms with van der Waals surface area (Å²) in [5.41, 5.74) is 6.35. The first kappa shape index (κ1) is 15.4. The molecule has 0 saturated carbocycles. The Morgan fingerprint density at radius 3 is 2.72 bits per heavy atom. The molecular weight excluding hydrogens is 230 g/mol. The van der Waals surface area contributed by atoms with Crippen LogP contribution in [-0.4, -0.2) is 48.2 Å². The third-order valence-electron chi connectivity index (χ3n) is 3.34. The lowest BCUT2D eigenvalue weighted by Crippen LogP contribution is -2.50. The molecule has 0 aromatic carbocycles. The van der Waals surface area contributed by atoms with Gasteiger partial charge < -0.3 is 10.0 Å². The summed E-state index contributed by atoms with van der Waals surface area (Å²) in [7, 11) is 0. The lowest BCUT2D eigenvalue weighted by Gasteiger charge is -2.39. The molecule has 1 amide bonds. The van der Waals surface area contributed by atoms with Crippen LogP contribution in [0.15, 0.2) is 0 Å². The molecule has 0 spiro atoms. The fourth-order valence-corrected chi connectivity index (χ4v) is 2.50. The van der Waals surface area contributed by atoms with Crippen molar-refractivity contribution in [2.24, 2.45) is 5.41 Å². The molecule has 108 valence electrons. The van der Waals surface area contributed by atoms with Crippen molar-refractivity contribution in [3.63, 3.8) is 0 Å². The van der Waals surface area contributed by atoms with Crippen LogP contribution in [0.2, 0.25) is 0 Å². The average molecular weight is 259 g/mol. The predicted octanol–water partition coefficient (Wildman–Crippen LogP) is 0.746. The van der Waals surface area contributed by atoms with E-state index in [2.05, 4.69) is 24.7 Å². The van der Waals surface area contributed by atoms with Crippen LogP contribution in [0.25, 0.3) is 0 Å². The van der Waals surface area contributed by atoms with Crippen LogP contribution < -0.4 is 10.9 Å². The lowest BCUT2D eigenvalue weighted by atomic mass is 9.84. The maximum absolute atomic E-state index is 12.1. The molecule has 5 heteroatoms. The van der Waals surface area contributed by atoms with Gasteiger partial charge >= 0.3 is 0 Å². The van der Waals surface area contributed by atoms with E-state index in [1.807, 2.05) is 4.90 Å². The minimum atomic E-state index is -0.00102. The van der Waals surface area contributed by atoms with Gasteiger partial charge in [-0.15, -0.1) is 0 Å². The van der Waals surface area contributed by atoms with Crippen molar-refractivity contribution in [3.8, 4) is 0 Å². The standard InChI is InChI=1S/C11H21N3O.C2H6O.H2/c1-11(2)5-3-7-14(8-11)10(15)9-4-6-12-13-9;1-2-3;/h9,12-13H,3-8H2,1-2H3;3H,2H2,1H3;1H. The molecule has 2 fully saturated rings. The molecule has 5 nitrogen and oxygen atoms in total. The minimum Gasteiger partial charge on any atom is -0.397 e. The Balaban J connectivity index is 0.000000742. The van der Waals surface area contributed by atoms with Crippen LogP contribution >= 0.6 is 0 Å². The topological polar surface area (TPSA) is 64.6 Å². The van der Waals surface area contributed by atoms with Gasteiger partial charge in [-0.25, -0.2) is 5.43 Å². The molecule has 3 N–H and O–H groups in total. The number of nitrogens with zero attached hydrogens (tertiary/aromatic N) is 1. The number of nitrogens with one attached hydrogen (secondary N) is 2. The molecule has 1 unspecified atom stereocenters. The SMILES string of the molecule is CC1(C)CCCN(C(=O)C2CCNN2)C1.CCO.[HH]. The number of likely N-dealkylation sites (tertiary alicyclic amines) is 1. The smallest absolute Gasteiger partial charge is 0.241 e. The second kappa shape index (κ2) is 7.07. The highest BCUT2D eigenvalue weighted by Gasteiger charge is 2.33. The first-order valence-electron chi connectivity index (χ1n) is 6.88. The molecule has 1 atom stereocenters. The summed E-state index contributed by atoms with van der Waals surface area (Å²) in [6.45, 7) is 9.15. The van der Waals surface area contributed by atoms with Crippen molar-refractivity contribution < 1.29 is 11.3 Å². The van der Waals surface area contributed by atoms with Gasteiger partial charge in [0.1, 0.15) is 6.04 Å². The van der Waals surface area contributed by atoms with Crippen molar-refractivity contribution >= 4 is 5.91 Å². The number of hydrogen-bond donors (Lipinski definition) is 3. The monoisotopic (exact) mass is 259 g/mol. The van der Waals surface area contributed by atoms with Crippen LogP contribution in [0.5, 0.6) is 0 Å². The largest absolute Gasteiger partial charge is 0.397 e. The van der Waals surface area contributed by atoms with Crippen molar-refractivity contribution in [1.29, 1.82) is 0 Å². The van der Waals surface area contributed by atoms with Crippen molar-refractivity contribution in [2.45, 2.75) is 46.1 Å². The molecular formula is C13H29N3O2. The third kappa shape index (κ3) is 4.55. The summed E-state index contributed by atoms with van der Waals surface area (Å²) < 4.78 is 0. The van der Waals surface area contributed by atoms with Crippen LogP contribution in [0.1, 0.15) is 41.5 Å². The van der Waals surface area contributed by atoms with Gasteiger partial charge in [-0.2, -0.15) is 0 Å². The summed E-state index contributed by atoms with van der Waals surface area (Å²) >= 11 is 0. The normalized spacial score (nSPS) is 26.4. The summed E-state index contributed by atoms with van der Waals surface area (Å²) in [4.78, 5) is 14.1. The Morgan fingerprint density at radius 1 is 1.56 bits per heavy atom. The van der Waals surface area contributed by atoms with Crippen LogP contribution in [0.3, 0.4) is 0 Å². The van der Waals surface area contributed by atoms with E-state index in [4.69, 9.17) is 5.11 Å². The summed E-state index contributed by atoms with van der Waals surface area (Å²) in [5, 5.41) is 7.57. The number of hydrazine groups is 1. The van der Waals surface area contributed by atoms with Gasteiger partial charge in [0, 0.05) is 27.7 Å². The molecule has 0 aliphatic carbocycles. The Kier molecular flexibility index (Phi) is 6.05. The van der Waals surface area contributed by atoms with Gasteiger partial charge in [0.25, 0.3) is 0 Å². The fraction of sp³-hybridized carbons (Fsp3) is 0.923. The highest BCUT2D eigenvalue weighted by molar-refractivity contribution is 5.82. The number of hydrogen-bond acceptors (Lipinski definition) is 4. The van der Waals surface area contributed by atoms with Crippen LogP contribution in [0.4, 0.5) is 0 Å². The maximum Gasteiger partial charge on any atom is 0.241 e. The molecule has 2 aliphatic rings. The van der Waals surface area contributed by atoms with E-state index in [1.54, 1.807) is 6.92 Å². The van der Waals surface area contributed by atoms with Gasteiger partial charge in [-0.3, -0.25) is 10.2 Å². The van der Waals surface area contributed by atoms with Crippen molar-refractivity contribution in [2.75, 3.05) is 26.2 Å². The Bertz CT molecular complexity index is 269. The fourth-order valence-electron chi connectivity index (χ4n) is 2.50. The van der Waals surface area contributed by atoms with Crippen LogP contribution in [0, 0.1) is 5.41 Å². The molecule has 2 saturated heterocycles. The van der Waals surface area contributed by atoms with E-state index in [9.17, 15) is 4.79 Å². The number of rotatable bonds is 1. The lowest BCUT2D eigenvalue weighted by molar-refractivity contribution is -0.136. The highest BCUT2D eigenvalue weighted by Crippen LogP contribution is 2.28. The minimum absolute atomic E-state index is 0. The summed E-state index contributed by atoms with van der Waals surface area (Å²) in [6, 6.07) is -0.00102. The molecule has 2 heterocycles. The molecule has 0 radical (unpaired) electrons. The van der Waals surface area contributed by atoms with Crippen LogP contribution in [-0.2, 0) is 4.79 Å². The van der Waals surface area contributed by atoms with E-state index in [-0.39, 0.29) is 20.0 Å². The average Bonchev–Trinajstić information content (AvgIpc) is 2.81. The van der Waals surface area contributed by atoms with Crippen molar-refractivity contribution in [1.82, 2.24) is 15.8 Å². The van der Waals surface area contributed by atoms with E-state index in [0.717, 1.165) is 32.5 Å². The molecule has 2 rings (SSSR count). The predicted molar refractivity (Wildman–Crippen MR) is 74.0 cm³/mol. The first-order chi connectivity index (χ1) is 8.50. The second-order valence-corrected chi connectivity index (χ2v) is 5.76. The Hall–Kier alpha value is -0.650. The molecule has 2 aliphatic heterocycles. The Morgan fingerprint density at radius 2 is 2.22 bits per heavy atom. The van der Waals surface area contributed by atoms with E-state index in [1.165, 1.54) is 6.42 Å². The molecule has 0 bridgehead atoms. The number of aliphatic hydroxyl groups is 1. The van der Waals surface area contributed by atoms with Gasteiger partial charge in [0.15, 0.2) is 0 Å². The number of amides is 1. The van der Waals surface area contributed by atoms with Gasteiger partial charge in [0.05, 0.1) is 0 Å². The zero-order valence-electron chi connectivity index (χ0n) is 11.8. The Labute approximate surface area is 111 Å². The zero-order chi connectivity index (χ0) is 13.6. The highest BCUT2D eigenvalue weighted by atomic mass is 16.2. The van der Waals surface area contributed by atoms with E-state index in [0.29, 0.717) is 5.41 Å². The molecule has 0 aromatic rings. The number of aliphatic hydroxyl groups excluding tert-OH is 1. The number of carbonyl (C=O) groups excluding carboxylic acids is 1. The molecule has 18 heavy (non-hydrogen) atoms. The first-order valence-corrected chi connectivity index (χ1v) is 6.88. The number of piperidine rings is 1.